The van der Waals surface area contributed by atoms with Gasteiger partial charge >= 0.3 is 0 Å². The SMILES string of the molecule is CC#CC(=O)N1CCC(CC(=O)N2CCCCC2c2cccnc2)CC1. The number of hydrogen-bond donors (Lipinski definition) is 0. The predicted molar refractivity (Wildman–Crippen MR) is 99.9 cm³/mol. The van der Waals surface area contributed by atoms with E-state index in [1.807, 2.05) is 12.3 Å². The highest BCUT2D eigenvalue weighted by Gasteiger charge is 2.31. The van der Waals surface area contributed by atoms with Gasteiger partial charge in [0.2, 0.25) is 5.91 Å². The third-order valence-electron chi connectivity index (χ3n) is 5.49. The molecule has 26 heavy (non-hydrogen) atoms. The van der Waals surface area contributed by atoms with E-state index in [0.29, 0.717) is 25.4 Å². The van der Waals surface area contributed by atoms with Crippen LogP contribution in [0, 0.1) is 17.8 Å². The highest BCUT2D eigenvalue weighted by molar-refractivity contribution is 5.93. The summed E-state index contributed by atoms with van der Waals surface area (Å²) in [5.74, 6) is 5.78. The van der Waals surface area contributed by atoms with Gasteiger partial charge < -0.3 is 9.80 Å². The van der Waals surface area contributed by atoms with Crippen molar-refractivity contribution >= 4 is 11.8 Å². The molecule has 3 heterocycles. The van der Waals surface area contributed by atoms with Crippen molar-refractivity contribution in [1.29, 1.82) is 0 Å². The zero-order chi connectivity index (χ0) is 18.4. The van der Waals surface area contributed by atoms with Gasteiger partial charge in [-0.2, -0.15) is 0 Å². The molecule has 3 rings (SSSR count). The number of piperidine rings is 2. The molecule has 0 aliphatic carbocycles. The fraction of sp³-hybridized carbons (Fsp3) is 0.571. The van der Waals surface area contributed by atoms with Crippen LogP contribution in [0.4, 0.5) is 0 Å². The van der Waals surface area contributed by atoms with E-state index < -0.39 is 0 Å². The van der Waals surface area contributed by atoms with Gasteiger partial charge in [0.05, 0.1) is 6.04 Å². The Morgan fingerprint density at radius 1 is 1.19 bits per heavy atom. The molecular formula is C21H27N3O2. The van der Waals surface area contributed by atoms with E-state index in [4.69, 9.17) is 0 Å². The first-order valence-electron chi connectivity index (χ1n) is 9.60. The molecule has 1 unspecified atom stereocenters. The second kappa shape index (κ2) is 8.84. The number of amides is 2. The first-order valence-corrected chi connectivity index (χ1v) is 9.60. The van der Waals surface area contributed by atoms with E-state index in [2.05, 4.69) is 27.8 Å². The van der Waals surface area contributed by atoms with Crippen LogP contribution in [0.15, 0.2) is 24.5 Å². The summed E-state index contributed by atoms with van der Waals surface area (Å²) in [6.45, 7) is 3.93. The maximum Gasteiger partial charge on any atom is 0.298 e. The third kappa shape index (κ3) is 4.43. The van der Waals surface area contributed by atoms with E-state index in [1.165, 1.54) is 0 Å². The Morgan fingerprint density at radius 3 is 2.69 bits per heavy atom. The van der Waals surface area contributed by atoms with Gasteiger partial charge in [-0.15, -0.1) is 0 Å². The monoisotopic (exact) mass is 353 g/mol. The van der Waals surface area contributed by atoms with Crippen LogP contribution in [0.25, 0.3) is 0 Å². The molecule has 2 aliphatic heterocycles. The minimum atomic E-state index is -0.0926. The molecule has 0 radical (unpaired) electrons. The lowest BCUT2D eigenvalue weighted by atomic mass is 9.91. The number of carbonyl (C=O) groups excluding carboxylic acids is 2. The summed E-state index contributed by atoms with van der Waals surface area (Å²) in [4.78, 5) is 32.9. The van der Waals surface area contributed by atoms with Crippen LogP contribution in [0.5, 0.6) is 0 Å². The molecule has 2 amide bonds. The zero-order valence-corrected chi connectivity index (χ0v) is 15.5. The van der Waals surface area contributed by atoms with E-state index >= 15 is 0 Å². The fourth-order valence-corrected chi connectivity index (χ4v) is 4.04. The summed E-state index contributed by atoms with van der Waals surface area (Å²) in [7, 11) is 0. The Morgan fingerprint density at radius 2 is 2.00 bits per heavy atom. The van der Waals surface area contributed by atoms with E-state index in [1.54, 1.807) is 18.0 Å². The number of aromatic nitrogens is 1. The predicted octanol–water partition coefficient (Wildman–Crippen LogP) is 2.79. The number of rotatable bonds is 3. The van der Waals surface area contributed by atoms with Crippen LogP contribution in [0.2, 0.25) is 0 Å². The number of nitrogens with zero attached hydrogens (tertiary/aromatic N) is 3. The molecular weight excluding hydrogens is 326 g/mol. The van der Waals surface area contributed by atoms with Crippen molar-refractivity contribution in [2.45, 2.75) is 51.5 Å². The minimum absolute atomic E-state index is 0.0926. The molecule has 0 N–H and O–H groups in total. The summed E-state index contributed by atoms with van der Waals surface area (Å²) >= 11 is 0. The number of likely N-dealkylation sites (tertiary alicyclic amines) is 2. The molecule has 5 heteroatoms. The third-order valence-corrected chi connectivity index (χ3v) is 5.49. The van der Waals surface area contributed by atoms with Crippen LogP contribution >= 0.6 is 0 Å². The van der Waals surface area contributed by atoms with Crippen molar-refractivity contribution in [3.05, 3.63) is 30.1 Å². The second-order valence-corrected chi connectivity index (χ2v) is 7.20. The molecule has 0 bridgehead atoms. The van der Waals surface area contributed by atoms with Crippen LogP contribution in [-0.4, -0.2) is 46.2 Å². The first kappa shape index (κ1) is 18.4. The molecule has 0 saturated carbocycles. The van der Waals surface area contributed by atoms with Gasteiger partial charge in [-0.3, -0.25) is 14.6 Å². The molecule has 1 aromatic rings. The van der Waals surface area contributed by atoms with Crippen LogP contribution in [-0.2, 0) is 9.59 Å². The lowest BCUT2D eigenvalue weighted by Crippen LogP contribution is -2.42. The average molecular weight is 353 g/mol. The van der Waals surface area contributed by atoms with Gasteiger partial charge in [-0.1, -0.05) is 12.0 Å². The summed E-state index contributed by atoms with van der Waals surface area (Å²) in [6, 6.07) is 4.17. The quantitative estimate of drug-likeness (QED) is 0.785. The Kier molecular flexibility index (Phi) is 6.27. The van der Waals surface area contributed by atoms with Crippen LogP contribution < -0.4 is 0 Å². The van der Waals surface area contributed by atoms with Crippen molar-refractivity contribution in [3.8, 4) is 11.8 Å². The van der Waals surface area contributed by atoms with Crippen molar-refractivity contribution in [3.63, 3.8) is 0 Å². The van der Waals surface area contributed by atoms with Gasteiger partial charge in [0.15, 0.2) is 0 Å². The molecule has 0 spiro atoms. The van der Waals surface area contributed by atoms with Gasteiger partial charge in [-0.05, 0) is 62.5 Å². The summed E-state index contributed by atoms with van der Waals surface area (Å²) in [6.07, 6.45) is 9.25. The largest absolute Gasteiger partial charge is 0.336 e. The average Bonchev–Trinajstić information content (AvgIpc) is 2.69. The smallest absolute Gasteiger partial charge is 0.298 e. The van der Waals surface area contributed by atoms with Gasteiger partial charge in [0, 0.05) is 38.4 Å². The lowest BCUT2D eigenvalue weighted by molar-refractivity contribution is -0.136. The van der Waals surface area contributed by atoms with Gasteiger partial charge in [0.1, 0.15) is 0 Å². The topological polar surface area (TPSA) is 53.5 Å². The van der Waals surface area contributed by atoms with E-state index in [-0.39, 0.29) is 17.9 Å². The zero-order valence-electron chi connectivity index (χ0n) is 15.5. The lowest BCUT2D eigenvalue weighted by Gasteiger charge is -2.38. The van der Waals surface area contributed by atoms with E-state index in [9.17, 15) is 9.59 Å². The Hall–Kier alpha value is -2.35. The molecule has 2 fully saturated rings. The highest BCUT2D eigenvalue weighted by atomic mass is 16.2. The normalized spacial score (nSPS) is 21.0. The summed E-state index contributed by atoms with van der Waals surface area (Å²) in [5.41, 5.74) is 1.14. The van der Waals surface area contributed by atoms with E-state index in [0.717, 1.165) is 44.2 Å². The van der Waals surface area contributed by atoms with Crippen molar-refractivity contribution in [1.82, 2.24) is 14.8 Å². The summed E-state index contributed by atoms with van der Waals surface area (Å²) in [5, 5.41) is 0. The minimum Gasteiger partial charge on any atom is -0.336 e. The molecule has 5 nitrogen and oxygen atoms in total. The van der Waals surface area contributed by atoms with Crippen LogP contribution in [0.1, 0.15) is 57.1 Å². The maximum atomic E-state index is 13.0. The molecule has 2 saturated heterocycles. The van der Waals surface area contributed by atoms with Gasteiger partial charge in [-0.25, -0.2) is 0 Å². The molecule has 1 aromatic heterocycles. The second-order valence-electron chi connectivity index (χ2n) is 7.20. The Bertz CT molecular complexity index is 684. The Balaban J connectivity index is 1.57. The number of carbonyl (C=O) groups is 2. The van der Waals surface area contributed by atoms with Crippen LogP contribution in [0.3, 0.4) is 0 Å². The van der Waals surface area contributed by atoms with Crippen molar-refractivity contribution < 1.29 is 9.59 Å². The molecule has 2 aliphatic rings. The molecule has 0 aromatic carbocycles. The number of pyridine rings is 1. The highest BCUT2D eigenvalue weighted by Crippen LogP contribution is 2.32. The van der Waals surface area contributed by atoms with Gasteiger partial charge in [0.25, 0.3) is 5.91 Å². The maximum absolute atomic E-state index is 13.0. The number of hydrogen-bond acceptors (Lipinski definition) is 3. The summed E-state index contributed by atoms with van der Waals surface area (Å²) < 4.78 is 0. The van der Waals surface area contributed by atoms with Crippen molar-refractivity contribution in [2.75, 3.05) is 19.6 Å². The standard InChI is InChI=1S/C21H27N3O2/c1-2-6-20(25)23-13-9-17(10-14-23)15-21(26)24-12-4-3-8-19(24)18-7-5-11-22-16-18/h5,7,11,16-17,19H,3-4,8-10,12-15H2,1H3. The molecule has 138 valence electrons. The first-order chi connectivity index (χ1) is 12.7. The molecule has 1 atom stereocenters. The Labute approximate surface area is 155 Å². The van der Waals surface area contributed by atoms with Crippen molar-refractivity contribution in [2.24, 2.45) is 5.92 Å². The fourth-order valence-electron chi connectivity index (χ4n) is 4.04.